The number of benzene rings is 3. The fourth-order valence-corrected chi connectivity index (χ4v) is 4.60. The summed E-state index contributed by atoms with van der Waals surface area (Å²) in [5.41, 5.74) is 3.39. The van der Waals surface area contributed by atoms with Gasteiger partial charge in [0.05, 0.1) is 11.0 Å². The first kappa shape index (κ1) is 16.1. The lowest BCUT2D eigenvalue weighted by atomic mass is 10.1. The number of halogens is 2. The van der Waals surface area contributed by atoms with Crippen molar-refractivity contribution in [1.82, 2.24) is 4.98 Å². The third-order valence-electron chi connectivity index (χ3n) is 3.87. The molecule has 4 heteroatoms. The summed E-state index contributed by atoms with van der Waals surface area (Å²) < 4.78 is 2.15. The second kappa shape index (κ2) is 6.87. The maximum Gasteiger partial charge on any atom is 0.0721 e. The molecule has 4 rings (SSSR count). The Balaban J connectivity index is 1.90. The molecule has 0 fully saturated rings. The van der Waals surface area contributed by atoms with E-state index in [-0.39, 0.29) is 0 Å². The molecule has 0 aliphatic heterocycles. The standard InChI is InChI=1S/C20H13Br2NS/c21-14-6-8-18-16(10-14)20(24-12-13-4-2-1-3-5-13)17-11-15(22)7-9-19(17)23-18/h1-11H,12H2. The van der Waals surface area contributed by atoms with Crippen LogP contribution < -0.4 is 0 Å². The Morgan fingerprint density at radius 3 is 1.92 bits per heavy atom. The summed E-state index contributed by atoms with van der Waals surface area (Å²) in [6, 6.07) is 23.1. The van der Waals surface area contributed by atoms with Gasteiger partial charge in [0.2, 0.25) is 0 Å². The van der Waals surface area contributed by atoms with Gasteiger partial charge in [0.25, 0.3) is 0 Å². The average Bonchev–Trinajstić information content (AvgIpc) is 2.60. The zero-order valence-electron chi connectivity index (χ0n) is 12.7. The Morgan fingerprint density at radius 2 is 1.33 bits per heavy atom. The van der Waals surface area contributed by atoms with E-state index in [2.05, 4.69) is 86.5 Å². The van der Waals surface area contributed by atoms with Crippen LogP contribution >= 0.6 is 43.6 Å². The highest BCUT2D eigenvalue weighted by molar-refractivity contribution is 9.10. The van der Waals surface area contributed by atoms with Crippen molar-refractivity contribution < 1.29 is 0 Å². The van der Waals surface area contributed by atoms with E-state index < -0.39 is 0 Å². The Hall–Kier alpha value is -1.36. The number of rotatable bonds is 3. The molecule has 1 nitrogen and oxygen atoms in total. The highest BCUT2D eigenvalue weighted by atomic mass is 79.9. The van der Waals surface area contributed by atoms with Crippen LogP contribution in [0.5, 0.6) is 0 Å². The van der Waals surface area contributed by atoms with Gasteiger partial charge in [0.1, 0.15) is 0 Å². The number of nitrogens with zero attached hydrogens (tertiary/aromatic N) is 1. The van der Waals surface area contributed by atoms with Crippen molar-refractivity contribution in [3.05, 3.63) is 81.2 Å². The highest BCUT2D eigenvalue weighted by Crippen LogP contribution is 2.37. The molecule has 0 atom stereocenters. The first-order valence-electron chi connectivity index (χ1n) is 7.56. The van der Waals surface area contributed by atoms with Crippen molar-refractivity contribution >= 4 is 65.4 Å². The SMILES string of the molecule is Brc1ccc2nc3ccc(Br)cc3c(SCc3ccccc3)c2c1. The van der Waals surface area contributed by atoms with Crippen LogP contribution in [0.4, 0.5) is 0 Å². The number of fused-ring (bicyclic) bond motifs is 2. The fourth-order valence-electron chi connectivity index (χ4n) is 2.74. The molecule has 0 unspecified atom stereocenters. The largest absolute Gasteiger partial charge is 0.248 e. The van der Waals surface area contributed by atoms with Crippen LogP contribution in [0.3, 0.4) is 0 Å². The number of aromatic nitrogens is 1. The molecular formula is C20H13Br2NS. The van der Waals surface area contributed by atoms with Crippen LogP contribution in [-0.4, -0.2) is 4.98 Å². The van der Waals surface area contributed by atoms with Crippen molar-refractivity contribution in [1.29, 1.82) is 0 Å². The lowest BCUT2D eigenvalue weighted by Crippen LogP contribution is -1.89. The second-order valence-corrected chi connectivity index (χ2v) is 8.36. The molecule has 0 N–H and O–H groups in total. The summed E-state index contributed by atoms with van der Waals surface area (Å²) in [5.74, 6) is 0.939. The van der Waals surface area contributed by atoms with Gasteiger partial charge in [0.15, 0.2) is 0 Å². The van der Waals surface area contributed by atoms with Gasteiger partial charge in [-0.1, -0.05) is 62.2 Å². The summed E-state index contributed by atoms with van der Waals surface area (Å²) in [6.45, 7) is 0. The van der Waals surface area contributed by atoms with Crippen LogP contribution in [-0.2, 0) is 5.75 Å². The van der Waals surface area contributed by atoms with Gasteiger partial charge in [-0.05, 0) is 42.0 Å². The molecule has 0 saturated heterocycles. The monoisotopic (exact) mass is 457 g/mol. The molecule has 0 bridgehead atoms. The van der Waals surface area contributed by atoms with Crippen molar-refractivity contribution in [3.8, 4) is 0 Å². The first-order valence-corrected chi connectivity index (χ1v) is 10.1. The van der Waals surface area contributed by atoms with E-state index in [4.69, 9.17) is 4.98 Å². The second-order valence-electron chi connectivity index (χ2n) is 5.54. The van der Waals surface area contributed by atoms with E-state index in [0.717, 1.165) is 25.7 Å². The molecular weight excluding hydrogens is 446 g/mol. The Bertz CT molecular complexity index is 972. The smallest absolute Gasteiger partial charge is 0.0721 e. The van der Waals surface area contributed by atoms with Crippen molar-refractivity contribution in [2.45, 2.75) is 10.6 Å². The lowest BCUT2D eigenvalue weighted by molar-refractivity contribution is 1.39. The molecule has 24 heavy (non-hydrogen) atoms. The van der Waals surface area contributed by atoms with Crippen molar-refractivity contribution in [2.24, 2.45) is 0 Å². The van der Waals surface area contributed by atoms with Crippen LogP contribution in [0, 0.1) is 0 Å². The van der Waals surface area contributed by atoms with E-state index in [1.807, 2.05) is 23.9 Å². The topological polar surface area (TPSA) is 12.9 Å². The van der Waals surface area contributed by atoms with E-state index >= 15 is 0 Å². The Morgan fingerprint density at radius 1 is 0.750 bits per heavy atom. The maximum absolute atomic E-state index is 4.82. The van der Waals surface area contributed by atoms with E-state index in [0.29, 0.717) is 0 Å². The molecule has 0 aliphatic rings. The van der Waals surface area contributed by atoms with Gasteiger partial charge in [0, 0.05) is 30.4 Å². The summed E-state index contributed by atoms with van der Waals surface area (Å²) in [5, 5.41) is 2.38. The number of thioether (sulfide) groups is 1. The number of hydrogen-bond donors (Lipinski definition) is 0. The molecule has 1 heterocycles. The molecule has 0 saturated carbocycles. The zero-order chi connectivity index (χ0) is 16.5. The van der Waals surface area contributed by atoms with E-state index in [1.54, 1.807) is 0 Å². The number of pyridine rings is 1. The van der Waals surface area contributed by atoms with Crippen molar-refractivity contribution in [2.75, 3.05) is 0 Å². The van der Waals surface area contributed by atoms with Crippen LogP contribution in [0.2, 0.25) is 0 Å². The molecule has 0 radical (unpaired) electrons. The summed E-state index contributed by atoms with van der Waals surface area (Å²) >= 11 is 9.06. The summed E-state index contributed by atoms with van der Waals surface area (Å²) in [6.07, 6.45) is 0. The Kier molecular flexibility index (Phi) is 4.61. The zero-order valence-corrected chi connectivity index (χ0v) is 16.7. The molecule has 0 spiro atoms. The normalized spacial score (nSPS) is 11.2. The molecule has 3 aromatic carbocycles. The fraction of sp³-hybridized carbons (Fsp3) is 0.0500. The minimum absolute atomic E-state index is 0.939. The first-order chi connectivity index (χ1) is 11.7. The van der Waals surface area contributed by atoms with Crippen molar-refractivity contribution in [3.63, 3.8) is 0 Å². The predicted molar refractivity (Wildman–Crippen MR) is 111 cm³/mol. The lowest BCUT2D eigenvalue weighted by Gasteiger charge is -2.11. The predicted octanol–water partition coefficient (Wildman–Crippen LogP) is 7.21. The molecule has 1 aromatic heterocycles. The quantitative estimate of drug-likeness (QED) is 0.237. The van der Waals surface area contributed by atoms with Crippen LogP contribution in [0.15, 0.2) is 80.6 Å². The van der Waals surface area contributed by atoms with Crippen LogP contribution in [0.25, 0.3) is 21.8 Å². The minimum atomic E-state index is 0.939. The Labute approximate surface area is 161 Å². The third-order valence-corrected chi connectivity index (χ3v) is 6.07. The van der Waals surface area contributed by atoms with Gasteiger partial charge in [-0.15, -0.1) is 11.8 Å². The number of hydrogen-bond acceptors (Lipinski definition) is 2. The van der Waals surface area contributed by atoms with Gasteiger partial charge in [-0.2, -0.15) is 0 Å². The molecule has 4 aromatic rings. The van der Waals surface area contributed by atoms with Gasteiger partial charge in [-0.25, -0.2) is 4.98 Å². The minimum Gasteiger partial charge on any atom is -0.248 e. The summed E-state index contributed by atoms with van der Waals surface area (Å²) in [4.78, 5) is 6.10. The van der Waals surface area contributed by atoms with Gasteiger partial charge in [-0.3, -0.25) is 0 Å². The highest BCUT2D eigenvalue weighted by Gasteiger charge is 2.11. The van der Waals surface area contributed by atoms with E-state index in [9.17, 15) is 0 Å². The molecule has 118 valence electrons. The maximum atomic E-state index is 4.82. The third kappa shape index (κ3) is 3.23. The van der Waals surface area contributed by atoms with Gasteiger partial charge < -0.3 is 0 Å². The average molecular weight is 459 g/mol. The molecule has 0 aliphatic carbocycles. The van der Waals surface area contributed by atoms with Gasteiger partial charge >= 0.3 is 0 Å². The molecule has 0 amide bonds. The summed E-state index contributed by atoms with van der Waals surface area (Å²) in [7, 11) is 0. The van der Waals surface area contributed by atoms with E-state index in [1.165, 1.54) is 21.2 Å². The van der Waals surface area contributed by atoms with Crippen LogP contribution in [0.1, 0.15) is 5.56 Å².